The standard InChI is InChI=1S/C20H15BrN2O4S/c1-2-28(25,26)17-7-12(20(11-22)5-6-20)9-23-18(17)15-10-27-16-8-13(21)3-4-14(16)19(15)24/h3-4,7-10H,2,5-6H2,1H3. The number of nitriles is 1. The van der Waals surface area contributed by atoms with Gasteiger partial charge in [-0.2, -0.15) is 5.26 Å². The first-order valence-corrected chi connectivity index (χ1v) is 11.1. The highest BCUT2D eigenvalue weighted by Crippen LogP contribution is 2.48. The molecule has 0 spiro atoms. The molecule has 1 aliphatic rings. The zero-order chi connectivity index (χ0) is 20.1. The Labute approximate surface area is 169 Å². The Balaban J connectivity index is 1.99. The Kier molecular flexibility index (Phi) is 4.40. The van der Waals surface area contributed by atoms with Crippen LogP contribution in [0.4, 0.5) is 0 Å². The first kappa shape index (κ1) is 18.8. The van der Waals surface area contributed by atoms with E-state index in [-0.39, 0.29) is 27.3 Å². The minimum Gasteiger partial charge on any atom is -0.463 e. The number of fused-ring (bicyclic) bond motifs is 1. The summed E-state index contributed by atoms with van der Waals surface area (Å²) in [5.74, 6) is -0.142. The molecule has 0 amide bonds. The third kappa shape index (κ3) is 2.95. The van der Waals surface area contributed by atoms with Crippen LogP contribution in [0, 0.1) is 11.3 Å². The average Bonchev–Trinajstić information content (AvgIpc) is 3.49. The maximum atomic E-state index is 13.0. The lowest BCUT2D eigenvalue weighted by Crippen LogP contribution is -2.14. The fourth-order valence-corrected chi connectivity index (χ4v) is 4.57. The Bertz CT molecular complexity index is 1320. The van der Waals surface area contributed by atoms with Crippen LogP contribution in [0.1, 0.15) is 25.3 Å². The maximum Gasteiger partial charge on any atom is 0.202 e. The molecule has 2 aromatic heterocycles. The Morgan fingerprint density at radius 2 is 2.07 bits per heavy atom. The van der Waals surface area contributed by atoms with Crippen molar-refractivity contribution in [1.82, 2.24) is 4.98 Å². The SMILES string of the molecule is CCS(=O)(=O)c1cc(C2(C#N)CC2)cnc1-c1coc2cc(Br)ccc2c1=O. The summed E-state index contributed by atoms with van der Waals surface area (Å²) in [7, 11) is -3.68. The molecule has 4 rings (SSSR count). The predicted octanol–water partition coefficient (Wildman–Crippen LogP) is 3.97. The Morgan fingerprint density at radius 3 is 2.71 bits per heavy atom. The lowest BCUT2D eigenvalue weighted by molar-refractivity contribution is 0.596. The number of nitrogens with zero attached hydrogens (tertiary/aromatic N) is 2. The number of hydrogen-bond acceptors (Lipinski definition) is 6. The van der Waals surface area contributed by atoms with E-state index in [1.165, 1.54) is 25.5 Å². The van der Waals surface area contributed by atoms with Crippen LogP contribution in [-0.4, -0.2) is 19.2 Å². The molecule has 3 aromatic rings. The van der Waals surface area contributed by atoms with Crippen molar-refractivity contribution in [1.29, 1.82) is 5.26 Å². The van der Waals surface area contributed by atoms with Crippen LogP contribution in [0.5, 0.6) is 0 Å². The van der Waals surface area contributed by atoms with Gasteiger partial charge in [-0.3, -0.25) is 9.78 Å². The van der Waals surface area contributed by atoms with Crippen LogP contribution in [0.3, 0.4) is 0 Å². The predicted molar refractivity (Wildman–Crippen MR) is 108 cm³/mol. The van der Waals surface area contributed by atoms with Crippen LogP contribution in [0.25, 0.3) is 22.2 Å². The zero-order valence-electron chi connectivity index (χ0n) is 14.9. The molecule has 1 fully saturated rings. The van der Waals surface area contributed by atoms with Crippen molar-refractivity contribution in [2.45, 2.75) is 30.1 Å². The molecule has 1 saturated carbocycles. The van der Waals surface area contributed by atoms with E-state index in [9.17, 15) is 18.5 Å². The number of pyridine rings is 1. The van der Waals surface area contributed by atoms with E-state index < -0.39 is 15.3 Å². The number of rotatable bonds is 4. The summed E-state index contributed by atoms with van der Waals surface area (Å²) >= 11 is 3.33. The van der Waals surface area contributed by atoms with Gasteiger partial charge in [0.25, 0.3) is 0 Å². The Morgan fingerprint density at radius 1 is 1.32 bits per heavy atom. The van der Waals surface area contributed by atoms with Crippen LogP contribution in [-0.2, 0) is 15.3 Å². The molecule has 0 unspecified atom stereocenters. The molecular formula is C20H15BrN2O4S. The van der Waals surface area contributed by atoms with Gasteiger partial charge in [0.15, 0.2) is 9.84 Å². The molecule has 8 heteroatoms. The van der Waals surface area contributed by atoms with E-state index in [0.717, 1.165) is 4.47 Å². The number of halogens is 1. The molecular weight excluding hydrogens is 444 g/mol. The van der Waals surface area contributed by atoms with E-state index in [1.54, 1.807) is 18.2 Å². The van der Waals surface area contributed by atoms with Crippen molar-refractivity contribution < 1.29 is 12.8 Å². The topological polar surface area (TPSA) is 101 Å². The van der Waals surface area contributed by atoms with Crippen molar-refractivity contribution in [2.75, 3.05) is 5.75 Å². The quantitative estimate of drug-likeness (QED) is 0.585. The molecule has 142 valence electrons. The smallest absolute Gasteiger partial charge is 0.202 e. The van der Waals surface area contributed by atoms with Crippen LogP contribution in [0.2, 0.25) is 0 Å². The number of aromatic nitrogens is 1. The van der Waals surface area contributed by atoms with Gasteiger partial charge in [0.05, 0.1) is 38.8 Å². The van der Waals surface area contributed by atoms with Gasteiger partial charge in [-0.1, -0.05) is 22.9 Å². The van der Waals surface area contributed by atoms with Crippen molar-refractivity contribution in [3.05, 3.63) is 57.0 Å². The van der Waals surface area contributed by atoms with Gasteiger partial charge in [0.2, 0.25) is 5.43 Å². The monoisotopic (exact) mass is 458 g/mol. The Hall–Kier alpha value is -2.50. The number of hydrogen-bond donors (Lipinski definition) is 0. The summed E-state index contributed by atoms with van der Waals surface area (Å²) in [6.45, 7) is 1.53. The van der Waals surface area contributed by atoms with Crippen molar-refractivity contribution in [3.8, 4) is 17.3 Å². The molecule has 2 heterocycles. The van der Waals surface area contributed by atoms with Gasteiger partial charge in [-0.25, -0.2) is 8.42 Å². The first-order valence-electron chi connectivity index (χ1n) is 8.67. The van der Waals surface area contributed by atoms with Gasteiger partial charge in [-0.15, -0.1) is 0 Å². The number of benzene rings is 1. The van der Waals surface area contributed by atoms with Gasteiger partial charge in [-0.05, 0) is 42.7 Å². The lowest BCUT2D eigenvalue weighted by Gasteiger charge is -2.13. The minimum atomic E-state index is -3.68. The summed E-state index contributed by atoms with van der Waals surface area (Å²) in [5, 5.41) is 9.77. The highest BCUT2D eigenvalue weighted by atomic mass is 79.9. The second kappa shape index (κ2) is 6.54. The highest BCUT2D eigenvalue weighted by Gasteiger charge is 2.46. The highest BCUT2D eigenvalue weighted by molar-refractivity contribution is 9.10. The number of sulfone groups is 1. The third-order valence-corrected chi connectivity index (χ3v) is 7.31. The second-order valence-corrected chi connectivity index (χ2v) is 9.95. The zero-order valence-corrected chi connectivity index (χ0v) is 17.3. The average molecular weight is 459 g/mol. The lowest BCUT2D eigenvalue weighted by atomic mass is 9.99. The third-order valence-electron chi connectivity index (χ3n) is 5.08. The van der Waals surface area contributed by atoms with E-state index in [2.05, 4.69) is 27.0 Å². The molecule has 6 nitrogen and oxygen atoms in total. The molecule has 0 radical (unpaired) electrons. The molecule has 1 aromatic carbocycles. The van der Waals surface area contributed by atoms with E-state index >= 15 is 0 Å². The molecule has 1 aliphatic carbocycles. The fourth-order valence-electron chi connectivity index (χ4n) is 3.16. The van der Waals surface area contributed by atoms with E-state index in [0.29, 0.717) is 29.4 Å². The molecule has 0 bridgehead atoms. The van der Waals surface area contributed by atoms with Gasteiger partial charge < -0.3 is 4.42 Å². The van der Waals surface area contributed by atoms with Gasteiger partial charge >= 0.3 is 0 Å². The van der Waals surface area contributed by atoms with Gasteiger partial charge in [0.1, 0.15) is 11.8 Å². The summed E-state index contributed by atoms with van der Waals surface area (Å²) < 4.78 is 31.8. The normalized spacial score (nSPS) is 15.3. The summed E-state index contributed by atoms with van der Waals surface area (Å²) in [6.07, 6.45) is 4.07. The largest absolute Gasteiger partial charge is 0.463 e. The van der Waals surface area contributed by atoms with E-state index in [4.69, 9.17) is 4.42 Å². The van der Waals surface area contributed by atoms with Gasteiger partial charge in [0, 0.05) is 10.7 Å². The molecule has 0 saturated heterocycles. The first-order chi connectivity index (χ1) is 13.3. The fraction of sp³-hybridized carbons (Fsp3) is 0.250. The van der Waals surface area contributed by atoms with Crippen LogP contribution < -0.4 is 5.43 Å². The molecule has 0 N–H and O–H groups in total. The second-order valence-electron chi connectivity index (χ2n) is 6.79. The minimum absolute atomic E-state index is 0.0437. The van der Waals surface area contributed by atoms with Crippen LogP contribution >= 0.6 is 15.9 Å². The van der Waals surface area contributed by atoms with Crippen molar-refractivity contribution in [2.24, 2.45) is 0 Å². The summed E-state index contributed by atoms with van der Waals surface area (Å²) in [5.41, 5.74) is 0.0566. The molecule has 28 heavy (non-hydrogen) atoms. The van der Waals surface area contributed by atoms with Crippen molar-refractivity contribution >= 4 is 36.7 Å². The summed E-state index contributed by atoms with van der Waals surface area (Å²) in [4.78, 5) is 17.3. The van der Waals surface area contributed by atoms with E-state index in [1.807, 2.05) is 0 Å². The molecule has 0 aliphatic heterocycles. The maximum absolute atomic E-state index is 13.0. The molecule has 0 atom stereocenters. The summed E-state index contributed by atoms with van der Waals surface area (Å²) in [6, 6.07) is 8.74. The van der Waals surface area contributed by atoms with Crippen molar-refractivity contribution in [3.63, 3.8) is 0 Å². The van der Waals surface area contributed by atoms with Crippen LogP contribution in [0.15, 0.2) is 55.3 Å².